The Balaban J connectivity index is 1.70. The van der Waals surface area contributed by atoms with Gasteiger partial charge in [-0.2, -0.15) is 0 Å². The second kappa shape index (κ2) is 8.20. The minimum atomic E-state index is -0.611. The number of hydrogen-bond donors (Lipinski definition) is 2. The molecule has 0 aliphatic rings. The van der Waals surface area contributed by atoms with Crippen LogP contribution in [0, 0.1) is 0 Å². The molecule has 4 rings (SSSR count). The number of thioether (sulfide) groups is 1. The Hall–Kier alpha value is -3.58. The van der Waals surface area contributed by atoms with Gasteiger partial charge in [-0.1, -0.05) is 54.6 Å². The minimum absolute atomic E-state index is 0.133. The quantitative estimate of drug-likeness (QED) is 0.500. The van der Waals surface area contributed by atoms with Crippen LogP contribution in [0.25, 0.3) is 16.5 Å². The SMILES string of the molecule is O=C(CSc1ccccc1)Nc1cc(=O)[nH]c(=O)n1-c1cccc2ccccc12. The Morgan fingerprint density at radius 1 is 0.931 bits per heavy atom. The maximum Gasteiger partial charge on any atom is 0.334 e. The number of amides is 1. The Kier molecular flexibility index (Phi) is 5.31. The van der Waals surface area contributed by atoms with Gasteiger partial charge in [0, 0.05) is 16.3 Å². The van der Waals surface area contributed by atoms with E-state index in [1.54, 1.807) is 6.07 Å². The number of hydrogen-bond acceptors (Lipinski definition) is 4. The number of carbonyl (C=O) groups is 1. The summed E-state index contributed by atoms with van der Waals surface area (Å²) >= 11 is 1.38. The molecule has 6 nitrogen and oxygen atoms in total. The number of aromatic nitrogens is 2. The monoisotopic (exact) mass is 403 g/mol. The molecular formula is C22H17N3O3S. The summed E-state index contributed by atoms with van der Waals surface area (Å²) in [6, 6.07) is 23.9. The molecule has 29 heavy (non-hydrogen) atoms. The average molecular weight is 403 g/mol. The minimum Gasteiger partial charge on any atom is -0.311 e. The van der Waals surface area contributed by atoms with Gasteiger partial charge in [0.25, 0.3) is 5.56 Å². The van der Waals surface area contributed by atoms with Gasteiger partial charge in [-0.3, -0.25) is 14.6 Å². The van der Waals surface area contributed by atoms with Gasteiger partial charge in [-0.25, -0.2) is 9.36 Å². The normalized spacial score (nSPS) is 10.8. The van der Waals surface area contributed by atoms with Crippen LogP contribution in [-0.2, 0) is 4.79 Å². The van der Waals surface area contributed by atoms with Crippen molar-refractivity contribution in [1.29, 1.82) is 0 Å². The molecule has 1 aromatic heterocycles. The third-order valence-corrected chi connectivity index (χ3v) is 5.34. The molecule has 2 N–H and O–H groups in total. The fourth-order valence-electron chi connectivity index (χ4n) is 3.07. The highest BCUT2D eigenvalue weighted by Gasteiger charge is 2.14. The van der Waals surface area contributed by atoms with Crippen molar-refractivity contribution >= 4 is 34.3 Å². The van der Waals surface area contributed by atoms with Crippen molar-refractivity contribution in [2.75, 3.05) is 11.1 Å². The fourth-order valence-corrected chi connectivity index (χ4v) is 3.79. The largest absolute Gasteiger partial charge is 0.334 e. The van der Waals surface area contributed by atoms with Crippen molar-refractivity contribution in [2.24, 2.45) is 0 Å². The highest BCUT2D eigenvalue weighted by molar-refractivity contribution is 8.00. The molecule has 7 heteroatoms. The second-order valence-corrected chi connectivity index (χ2v) is 7.36. The lowest BCUT2D eigenvalue weighted by atomic mass is 10.1. The van der Waals surface area contributed by atoms with E-state index in [1.807, 2.05) is 66.7 Å². The van der Waals surface area contributed by atoms with Crippen molar-refractivity contribution in [3.05, 3.63) is 99.7 Å². The molecular weight excluding hydrogens is 386 g/mol. The number of carbonyl (C=O) groups excluding carboxylic acids is 1. The van der Waals surface area contributed by atoms with Crippen LogP contribution in [0.1, 0.15) is 0 Å². The van der Waals surface area contributed by atoms with Gasteiger partial charge in [0.15, 0.2) is 0 Å². The molecule has 1 heterocycles. The van der Waals surface area contributed by atoms with Gasteiger partial charge < -0.3 is 5.32 Å². The summed E-state index contributed by atoms with van der Waals surface area (Å²) in [5.41, 5.74) is -0.604. The molecule has 0 saturated carbocycles. The van der Waals surface area contributed by atoms with Crippen molar-refractivity contribution < 1.29 is 4.79 Å². The summed E-state index contributed by atoms with van der Waals surface area (Å²) < 4.78 is 1.31. The number of aromatic amines is 1. The molecule has 0 atom stereocenters. The standard InChI is InChI=1S/C22H17N3O3S/c26-20-13-19(23-21(27)14-29-16-9-2-1-3-10-16)25(22(28)24-20)18-12-6-8-15-7-4-5-11-17(15)18/h1-13H,14H2,(H,23,27)(H,24,26,28). The highest BCUT2D eigenvalue weighted by Crippen LogP contribution is 2.23. The van der Waals surface area contributed by atoms with Crippen molar-refractivity contribution in [2.45, 2.75) is 4.90 Å². The molecule has 0 unspecified atom stereocenters. The molecule has 144 valence electrons. The Morgan fingerprint density at radius 2 is 1.66 bits per heavy atom. The highest BCUT2D eigenvalue weighted by atomic mass is 32.2. The average Bonchev–Trinajstić information content (AvgIpc) is 2.73. The van der Waals surface area contributed by atoms with Crippen LogP contribution in [0.3, 0.4) is 0 Å². The predicted octanol–water partition coefficient (Wildman–Crippen LogP) is 3.41. The van der Waals surface area contributed by atoms with Gasteiger partial charge >= 0.3 is 5.69 Å². The van der Waals surface area contributed by atoms with Crippen molar-refractivity contribution in [3.8, 4) is 5.69 Å². The smallest absolute Gasteiger partial charge is 0.311 e. The van der Waals surface area contributed by atoms with Crippen LogP contribution < -0.4 is 16.6 Å². The molecule has 0 fully saturated rings. The van der Waals surface area contributed by atoms with E-state index in [4.69, 9.17) is 0 Å². The Morgan fingerprint density at radius 3 is 2.48 bits per heavy atom. The maximum atomic E-state index is 12.6. The van der Waals surface area contributed by atoms with Crippen LogP contribution in [-0.4, -0.2) is 21.2 Å². The zero-order chi connectivity index (χ0) is 20.2. The summed E-state index contributed by atoms with van der Waals surface area (Å²) in [6.45, 7) is 0. The van der Waals surface area contributed by atoms with E-state index in [-0.39, 0.29) is 17.5 Å². The van der Waals surface area contributed by atoms with Gasteiger partial charge in [-0.05, 0) is 23.6 Å². The fraction of sp³-hybridized carbons (Fsp3) is 0.0455. The van der Waals surface area contributed by atoms with E-state index in [9.17, 15) is 14.4 Å². The molecule has 0 radical (unpaired) electrons. The van der Waals surface area contributed by atoms with E-state index >= 15 is 0 Å². The first kappa shape index (κ1) is 18.8. The van der Waals surface area contributed by atoms with E-state index in [1.165, 1.54) is 22.4 Å². The molecule has 3 aromatic carbocycles. The van der Waals surface area contributed by atoms with E-state index in [2.05, 4.69) is 10.3 Å². The van der Waals surface area contributed by atoms with Gasteiger partial charge in [-0.15, -0.1) is 11.8 Å². The van der Waals surface area contributed by atoms with Crippen LogP contribution in [0.5, 0.6) is 0 Å². The number of anilines is 1. The lowest BCUT2D eigenvalue weighted by molar-refractivity contribution is -0.113. The summed E-state index contributed by atoms with van der Waals surface area (Å²) in [4.78, 5) is 40.2. The van der Waals surface area contributed by atoms with Crippen LogP contribution >= 0.6 is 11.8 Å². The molecule has 0 saturated heterocycles. The zero-order valence-electron chi connectivity index (χ0n) is 15.3. The molecule has 4 aromatic rings. The van der Waals surface area contributed by atoms with E-state index in [0.717, 1.165) is 15.7 Å². The van der Waals surface area contributed by atoms with Crippen molar-refractivity contribution in [1.82, 2.24) is 9.55 Å². The third kappa shape index (κ3) is 4.14. The molecule has 0 aliphatic carbocycles. The molecule has 0 aliphatic heterocycles. The zero-order valence-corrected chi connectivity index (χ0v) is 16.1. The predicted molar refractivity (Wildman–Crippen MR) is 116 cm³/mol. The molecule has 0 spiro atoms. The first-order chi connectivity index (χ1) is 14.1. The van der Waals surface area contributed by atoms with E-state index in [0.29, 0.717) is 5.69 Å². The first-order valence-corrected chi connectivity index (χ1v) is 9.92. The Bertz CT molecular complexity index is 1290. The number of fused-ring (bicyclic) bond motifs is 1. The van der Waals surface area contributed by atoms with Gasteiger partial charge in [0.2, 0.25) is 5.91 Å². The van der Waals surface area contributed by atoms with Crippen molar-refractivity contribution in [3.63, 3.8) is 0 Å². The number of nitrogens with zero attached hydrogens (tertiary/aromatic N) is 1. The maximum absolute atomic E-state index is 12.6. The summed E-state index contributed by atoms with van der Waals surface area (Å²) in [5, 5.41) is 4.49. The van der Waals surface area contributed by atoms with Gasteiger partial charge in [0.1, 0.15) is 5.82 Å². The Labute approximate surface area is 170 Å². The van der Waals surface area contributed by atoms with Crippen LogP contribution in [0.2, 0.25) is 0 Å². The van der Waals surface area contributed by atoms with E-state index < -0.39 is 11.2 Å². The number of rotatable bonds is 5. The molecule has 0 bridgehead atoms. The third-order valence-electron chi connectivity index (χ3n) is 4.33. The number of benzene rings is 3. The number of nitrogens with one attached hydrogen (secondary N) is 2. The lowest BCUT2D eigenvalue weighted by Gasteiger charge is -2.15. The van der Waals surface area contributed by atoms with Gasteiger partial charge in [0.05, 0.1) is 11.4 Å². The molecule has 1 amide bonds. The first-order valence-electron chi connectivity index (χ1n) is 8.94. The second-order valence-electron chi connectivity index (χ2n) is 6.31. The topological polar surface area (TPSA) is 84.0 Å². The summed E-state index contributed by atoms with van der Waals surface area (Å²) in [5.74, 6) is -0.0211. The summed E-state index contributed by atoms with van der Waals surface area (Å²) in [7, 11) is 0. The van der Waals surface area contributed by atoms with Crippen LogP contribution in [0.15, 0.2) is 93.3 Å². The number of H-pyrrole nitrogens is 1. The van der Waals surface area contributed by atoms with Crippen LogP contribution in [0.4, 0.5) is 5.82 Å². The lowest BCUT2D eigenvalue weighted by Crippen LogP contribution is -2.32. The summed E-state index contributed by atoms with van der Waals surface area (Å²) in [6.07, 6.45) is 0.